The molecule has 0 bridgehead atoms. The molecule has 0 rings (SSSR count). The average molecular weight is 957 g/mol. The highest BCUT2D eigenvalue weighted by Crippen LogP contribution is 2.08. The first-order valence-electron chi connectivity index (χ1n) is 25.6. The van der Waals surface area contributed by atoms with Gasteiger partial charge in [-0.25, -0.2) is 0 Å². The van der Waals surface area contributed by atoms with Crippen LogP contribution in [0.25, 0.3) is 0 Å². The standard InChI is InChI=1S/6C8H16O2.C3H8O3/c6*1-2-3-4-5-6-7-8(9)10;4-1-3(6)2-5/h6*2-7H2,1H3,(H,9,10);3-6H,1-2H2. The van der Waals surface area contributed by atoms with Crippen LogP contribution in [0.2, 0.25) is 0 Å². The van der Waals surface area contributed by atoms with Crippen molar-refractivity contribution in [2.24, 2.45) is 0 Å². The lowest BCUT2D eigenvalue weighted by Crippen LogP contribution is -2.15. The third-order valence-corrected chi connectivity index (χ3v) is 9.39. The zero-order valence-electron chi connectivity index (χ0n) is 42.9. The molecule has 0 aromatic carbocycles. The quantitative estimate of drug-likeness (QED) is 0.0260. The normalized spacial score (nSPS) is 9.73. The smallest absolute Gasteiger partial charge is 0.303 e. The van der Waals surface area contributed by atoms with E-state index in [2.05, 4.69) is 41.5 Å². The van der Waals surface area contributed by atoms with Crippen LogP contribution in [0.5, 0.6) is 0 Å². The van der Waals surface area contributed by atoms with Crippen molar-refractivity contribution < 1.29 is 74.7 Å². The number of rotatable bonds is 38. The van der Waals surface area contributed by atoms with Gasteiger partial charge < -0.3 is 46.0 Å². The van der Waals surface area contributed by atoms with Gasteiger partial charge in [0.05, 0.1) is 13.2 Å². The van der Waals surface area contributed by atoms with Gasteiger partial charge in [-0.2, -0.15) is 0 Å². The third kappa shape index (κ3) is 119. The summed E-state index contributed by atoms with van der Waals surface area (Å²) in [6.07, 6.45) is 34.4. The van der Waals surface area contributed by atoms with E-state index in [4.69, 9.17) is 46.0 Å². The molecule has 0 saturated carbocycles. The second kappa shape index (κ2) is 73.3. The fourth-order valence-electron chi connectivity index (χ4n) is 5.34. The highest BCUT2D eigenvalue weighted by Gasteiger charge is 1.99. The molecule has 0 aromatic heterocycles. The van der Waals surface area contributed by atoms with Gasteiger partial charge in [0.1, 0.15) is 6.10 Å². The minimum absolute atomic E-state index is 0.337. The van der Waals surface area contributed by atoms with Crippen LogP contribution in [0, 0.1) is 0 Å². The second-order valence-corrected chi connectivity index (χ2v) is 16.4. The molecule has 66 heavy (non-hydrogen) atoms. The molecule has 0 spiro atoms. The third-order valence-electron chi connectivity index (χ3n) is 9.39. The molecule has 0 aliphatic heterocycles. The van der Waals surface area contributed by atoms with Gasteiger partial charge in [-0.1, -0.05) is 196 Å². The van der Waals surface area contributed by atoms with E-state index in [9.17, 15) is 28.8 Å². The van der Waals surface area contributed by atoms with Gasteiger partial charge in [-0.15, -0.1) is 0 Å². The molecule has 15 nitrogen and oxygen atoms in total. The van der Waals surface area contributed by atoms with Gasteiger partial charge >= 0.3 is 35.8 Å². The molecule has 0 fully saturated rings. The second-order valence-electron chi connectivity index (χ2n) is 16.4. The van der Waals surface area contributed by atoms with Crippen molar-refractivity contribution in [1.82, 2.24) is 0 Å². The Hall–Kier alpha value is -3.30. The maximum absolute atomic E-state index is 10.0. The number of aliphatic hydroxyl groups excluding tert-OH is 3. The molecule has 0 heterocycles. The molecule has 0 atom stereocenters. The minimum Gasteiger partial charge on any atom is -0.481 e. The van der Waals surface area contributed by atoms with E-state index in [1.807, 2.05) is 0 Å². The first kappa shape index (κ1) is 76.9. The van der Waals surface area contributed by atoms with Crippen molar-refractivity contribution in [2.45, 2.75) is 279 Å². The summed E-state index contributed by atoms with van der Waals surface area (Å²) in [5, 5.41) is 73.6. The summed E-state index contributed by atoms with van der Waals surface area (Å²) >= 11 is 0. The van der Waals surface area contributed by atoms with Crippen molar-refractivity contribution in [3.05, 3.63) is 0 Å². The number of aliphatic carboxylic acids is 6. The maximum atomic E-state index is 10.0. The zero-order valence-corrected chi connectivity index (χ0v) is 42.9. The van der Waals surface area contributed by atoms with Crippen molar-refractivity contribution in [1.29, 1.82) is 0 Å². The number of hydrogen-bond donors (Lipinski definition) is 9. The average Bonchev–Trinajstić information content (AvgIpc) is 3.26. The van der Waals surface area contributed by atoms with Gasteiger partial charge in [-0.05, 0) is 38.5 Å². The van der Waals surface area contributed by atoms with Crippen LogP contribution in [-0.4, -0.2) is 101 Å². The summed E-state index contributed by atoms with van der Waals surface area (Å²) in [6, 6.07) is 0. The van der Waals surface area contributed by atoms with Crippen LogP contribution in [-0.2, 0) is 28.8 Å². The lowest BCUT2D eigenvalue weighted by atomic mass is 10.1. The highest BCUT2D eigenvalue weighted by molar-refractivity contribution is 5.68. The van der Waals surface area contributed by atoms with Crippen LogP contribution in [0.4, 0.5) is 0 Å². The van der Waals surface area contributed by atoms with Gasteiger partial charge in [0.15, 0.2) is 0 Å². The number of aliphatic hydroxyl groups is 3. The van der Waals surface area contributed by atoms with E-state index in [-0.39, 0.29) is 13.2 Å². The Morgan fingerprint density at radius 3 is 0.455 bits per heavy atom. The van der Waals surface area contributed by atoms with Crippen LogP contribution in [0.3, 0.4) is 0 Å². The molecule has 9 N–H and O–H groups in total. The molecule has 398 valence electrons. The molecule has 0 amide bonds. The highest BCUT2D eigenvalue weighted by atomic mass is 16.4. The van der Waals surface area contributed by atoms with Crippen LogP contribution >= 0.6 is 0 Å². The predicted octanol–water partition coefficient (Wildman–Crippen LogP) is 12.9. The van der Waals surface area contributed by atoms with E-state index in [0.29, 0.717) is 38.5 Å². The predicted molar refractivity (Wildman–Crippen MR) is 266 cm³/mol. The summed E-state index contributed by atoms with van der Waals surface area (Å²) < 4.78 is 0. The van der Waals surface area contributed by atoms with Gasteiger partial charge in [0.2, 0.25) is 0 Å². The van der Waals surface area contributed by atoms with Gasteiger partial charge in [0.25, 0.3) is 0 Å². The van der Waals surface area contributed by atoms with Crippen LogP contribution < -0.4 is 0 Å². The largest absolute Gasteiger partial charge is 0.481 e. The number of carbonyl (C=O) groups is 6. The Balaban J connectivity index is -0.000000124. The summed E-state index contributed by atoms with van der Waals surface area (Å²) in [4.78, 5) is 60.2. The number of carboxylic acid groups (broad SMARTS) is 6. The molecule has 0 aliphatic carbocycles. The minimum atomic E-state index is -0.954. The number of hydrogen-bond acceptors (Lipinski definition) is 9. The zero-order chi connectivity index (χ0) is 51.9. The first-order chi connectivity index (χ1) is 31.4. The Bertz CT molecular complexity index is 802. The molecule has 0 unspecified atom stereocenters. The Kier molecular flexibility index (Phi) is 85.4. The molecule has 0 saturated heterocycles. The topological polar surface area (TPSA) is 284 Å². The van der Waals surface area contributed by atoms with Crippen molar-refractivity contribution >= 4 is 35.8 Å². The van der Waals surface area contributed by atoms with Crippen LogP contribution in [0.15, 0.2) is 0 Å². The maximum Gasteiger partial charge on any atom is 0.303 e. The Labute approximate surface area is 401 Å². The lowest BCUT2D eigenvalue weighted by molar-refractivity contribution is -0.138. The molecule has 0 aromatic rings. The van der Waals surface area contributed by atoms with Gasteiger partial charge in [0, 0.05) is 38.5 Å². The fourth-order valence-corrected chi connectivity index (χ4v) is 5.34. The van der Waals surface area contributed by atoms with Crippen molar-refractivity contribution in [3.8, 4) is 0 Å². The Morgan fingerprint density at radius 1 is 0.258 bits per heavy atom. The number of carboxylic acids is 6. The van der Waals surface area contributed by atoms with E-state index in [0.717, 1.165) is 77.0 Å². The number of unbranched alkanes of at least 4 members (excludes halogenated alkanes) is 24. The first-order valence-corrected chi connectivity index (χ1v) is 25.6. The Morgan fingerprint density at radius 2 is 0.379 bits per heavy atom. The lowest BCUT2D eigenvalue weighted by Gasteiger charge is -1.96. The summed E-state index contributed by atoms with van der Waals surface area (Å²) in [6.45, 7) is 12.2. The van der Waals surface area contributed by atoms with Crippen LogP contribution in [0.1, 0.15) is 273 Å². The van der Waals surface area contributed by atoms with Crippen molar-refractivity contribution in [2.75, 3.05) is 13.2 Å². The monoisotopic (exact) mass is 957 g/mol. The summed E-state index contributed by atoms with van der Waals surface area (Å²) in [5.41, 5.74) is 0. The van der Waals surface area contributed by atoms with E-state index in [1.165, 1.54) is 116 Å². The van der Waals surface area contributed by atoms with Crippen molar-refractivity contribution in [3.63, 3.8) is 0 Å². The molecule has 15 heteroatoms. The fraction of sp³-hybridized carbons (Fsp3) is 0.882. The summed E-state index contributed by atoms with van der Waals surface area (Å²) in [7, 11) is 0. The molecular formula is C51H104O15. The molecule has 0 aliphatic rings. The van der Waals surface area contributed by atoms with E-state index in [1.54, 1.807) is 0 Å². The van der Waals surface area contributed by atoms with E-state index >= 15 is 0 Å². The SMILES string of the molecule is CCCCCCCC(=O)O.CCCCCCCC(=O)O.CCCCCCCC(=O)O.CCCCCCCC(=O)O.CCCCCCCC(=O)O.CCCCCCCC(=O)O.OCC(O)CO. The molecular weight excluding hydrogens is 853 g/mol. The van der Waals surface area contributed by atoms with E-state index < -0.39 is 41.9 Å². The summed E-state index contributed by atoms with van der Waals surface area (Å²) in [5.74, 6) is -4.02. The molecule has 0 radical (unpaired) electrons. The van der Waals surface area contributed by atoms with Gasteiger partial charge in [-0.3, -0.25) is 28.8 Å².